The monoisotopic (exact) mass is 722 g/mol. The number of hydrogen-bond acceptors (Lipinski definition) is 9. The summed E-state index contributed by atoms with van der Waals surface area (Å²) in [4.78, 5) is 47.0. The SMILES string of the molecule is C=CC(=O)OCCOC(=O)c1cc(C#Cc2ccc(CCOC(=O)C=C)cc2)ccc1OCc1ccc(C#Cc2ccc(CCOC(=O)C=C)cc2)cc1. The van der Waals surface area contributed by atoms with Gasteiger partial charge in [0.15, 0.2) is 0 Å². The van der Waals surface area contributed by atoms with E-state index in [1.807, 2.05) is 72.8 Å². The number of carbonyl (C=O) groups is 4. The van der Waals surface area contributed by atoms with Gasteiger partial charge in [0, 0.05) is 53.3 Å². The lowest BCUT2D eigenvalue weighted by molar-refractivity contribution is -0.139. The van der Waals surface area contributed by atoms with E-state index in [1.54, 1.807) is 18.2 Å². The van der Waals surface area contributed by atoms with Gasteiger partial charge in [-0.2, -0.15) is 0 Å². The Morgan fingerprint density at radius 1 is 0.481 bits per heavy atom. The second-order valence-corrected chi connectivity index (χ2v) is 11.3. The van der Waals surface area contributed by atoms with E-state index in [-0.39, 0.29) is 38.6 Å². The molecular weight excluding hydrogens is 684 g/mol. The molecule has 0 aromatic heterocycles. The zero-order chi connectivity index (χ0) is 38.5. The number of benzene rings is 4. The van der Waals surface area contributed by atoms with Gasteiger partial charge in [0.2, 0.25) is 0 Å². The molecule has 4 aromatic rings. The van der Waals surface area contributed by atoms with Crippen LogP contribution < -0.4 is 4.74 Å². The lowest BCUT2D eigenvalue weighted by Crippen LogP contribution is -2.14. The third-order valence-corrected chi connectivity index (χ3v) is 7.49. The summed E-state index contributed by atoms with van der Waals surface area (Å²) in [5.41, 5.74) is 5.99. The smallest absolute Gasteiger partial charge is 0.342 e. The molecule has 0 saturated carbocycles. The summed E-state index contributed by atoms with van der Waals surface area (Å²) in [6.07, 6.45) is 4.45. The maximum atomic E-state index is 13.2. The highest BCUT2D eigenvalue weighted by Gasteiger charge is 2.16. The molecule has 0 radical (unpaired) electrons. The van der Waals surface area contributed by atoms with Crippen molar-refractivity contribution in [1.29, 1.82) is 0 Å². The minimum atomic E-state index is -0.667. The summed E-state index contributed by atoms with van der Waals surface area (Å²) in [6.45, 7) is 10.5. The number of rotatable bonds is 16. The first-order chi connectivity index (χ1) is 26.3. The van der Waals surface area contributed by atoms with Crippen molar-refractivity contribution >= 4 is 23.9 Å². The van der Waals surface area contributed by atoms with Gasteiger partial charge in [0.05, 0.1) is 13.2 Å². The zero-order valence-corrected chi connectivity index (χ0v) is 29.6. The Hall–Kier alpha value is -7.10. The van der Waals surface area contributed by atoms with Crippen LogP contribution in [0.4, 0.5) is 0 Å². The minimum absolute atomic E-state index is 0.130. The molecule has 9 nitrogen and oxygen atoms in total. The van der Waals surface area contributed by atoms with Gasteiger partial charge < -0.3 is 23.7 Å². The molecule has 0 aliphatic heterocycles. The van der Waals surface area contributed by atoms with Crippen LogP contribution in [0.2, 0.25) is 0 Å². The van der Waals surface area contributed by atoms with Crippen molar-refractivity contribution in [3.8, 4) is 29.4 Å². The predicted octanol–water partition coefficient (Wildman–Crippen LogP) is 6.49. The van der Waals surface area contributed by atoms with Crippen molar-refractivity contribution in [1.82, 2.24) is 0 Å². The van der Waals surface area contributed by atoms with E-state index in [9.17, 15) is 19.2 Å². The van der Waals surface area contributed by atoms with Crippen molar-refractivity contribution in [2.24, 2.45) is 0 Å². The molecule has 0 atom stereocenters. The molecule has 0 amide bonds. The maximum absolute atomic E-state index is 13.2. The van der Waals surface area contributed by atoms with Gasteiger partial charge in [-0.3, -0.25) is 0 Å². The van der Waals surface area contributed by atoms with Gasteiger partial charge >= 0.3 is 23.9 Å². The molecule has 4 rings (SSSR count). The quantitative estimate of drug-likeness (QED) is 0.0421. The summed E-state index contributed by atoms with van der Waals surface area (Å²) in [5, 5.41) is 0. The molecule has 0 heterocycles. The summed E-state index contributed by atoms with van der Waals surface area (Å²) >= 11 is 0. The maximum Gasteiger partial charge on any atom is 0.342 e. The second kappa shape index (κ2) is 21.3. The fourth-order valence-electron chi connectivity index (χ4n) is 4.61. The summed E-state index contributed by atoms with van der Waals surface area (Å²) in [7, 11) is 0. The molecule has 0 unspecified atom stereocenters. The highest BCUT2D eigenvalue weighted by Crippen LogP contribution is 2.23. The topological polar surface area (TPSA) is 114 Å². The van der Waals surface area contributed by atoms with Crippen LogP contribution in [-0.2, 0) is 52.8 Å². The highest BCUT2D eigenvalue weighted by molar-refractivity contribution is 5.93. The van der Waals surface area contributed by atoms with Crippen molar-refractivity contribution < 1.29 is 42.9 Å². The standard InChI is InChI=1S/C45H38O9/c1-4-42(46)50-27-25-36-13-9-33(10-14-36)7-8-35-18-21-39(22-19-35)32-54-41-24-23-38(31-40(41)45(49)53-30-29-52-44(48)6-3)20-17-34-11-15-37(16-12-34)26-28-51-43(47)5-2/h4-6,9-16,18-19,21-24,31H,1-3,25-30,32H2. The molecule has 4 aromatic carbocycles. The van der Waals surface area contributed by atoms with Crippen LogP contribution in [-0.4, -0.2) is 50.3 Å². The first kappa shape index (κ1) is 39.7. The Balaban J connectivity index is 1.40. The number of esters is 4. The molecule has 0 fully saturated rings. The Morgan fingerprint density at radius 3 is 1.33 bits per heavy atom. The summed E-state index contributed by atoms with van der Waals surface area (Å²) in [6, 6.07) is 27.8. The first-order valence-corrected chi connectivity index (χ1v) is 16.9. The Labute approximate surface area is 314 Å². The largest absolute Gasteiger partial charge is 0.488 e. The van der Waals surface area contributed by atoms with Gasteiger partial charge in [-0.1, -0.05) is 79.8 Å². The van der Waals surface area contributed by atoms with E-state index in [4.69, 9.17) is 23.7 Å². The summed E-state index contributed by atoms with van der Waals surface area (Å²) in [5.74, 6) is 10.6. The Bertz CT molecular complexity index is 2090. The molecule has 9 heteroatoms. The van der Waals surface area contributed by atoms with Gasteiger partial charge in [0.25, 0.3) is 0 Å². The number of hydrogen-bond donors (Lipinski definition) is 0. The predicted molar refractivity (Wildman–Crippen MR) is 203 cm³/mol. The third-order valence-electron chi connectivity index (χ3n) is 7.49. The molecule has 54 heavy (non-hydrogen) atoms. The van der Waals surface area contributed by atoms with Crippen molar-refractivity contribution in [3.63, 3.8) is 0 Å². The van der Waals surface area contributed by atoms with Crippen LogP contribution in [0, 0.1) is 23.7 Å². The van der Waals surface area contributed by atoms with Gasteiger partial charge in [0.1, 0.15) is 31.1 Å². The molecule has 0 spiro atoms. The van der Waals surface area contributed by atoms with E-state index in [0.29, 0.717) is 24.2 Å². The van der Waals surface area contributed by atoms with Crippen LogP contribution in [0.5, 0.6) is 5.75 Å². The van der Waals surface area contributed by atoms with E-state index in [2.05, 4.69) is 43.4 Å². The van der Waals surface area contributed by atoms with Gasteiger partial charge in [-0.25, -0.2) is 19.2 Å². The Morgan fingerprint density at radius 2 is 0.870 bits per heavy atom. The lowest BCUT2D eigenvalue weighted by atomic mass is 10.1. The number of ether oxygens (including phenoxy) is 5. The van der Waals surface area contributed by atoms with Crippen LogP contribution in [0.25, 0.3) is 0 Å². The average molecular weight is 723 g/mol. The van der Waals surface area contributed by atoms with E-state index in [1.165, 1.54) is 0 Å². The fourth-order valence-corrected chi connectivity index (χ4v) is 4.61. The molecule has 0 N–H and O–H groups in total. The molecule has 0 saturated heterocycles. The summed E-state index contributed by atoms with van der Waals surface area (Å²) < 4.78 is 26.4. The van der Waals surface area contributed by atoms with Crippen molar-refractivity contribution in [2.75, 3.05) is 26.4 Å². The molecular formula is C45H38O9. The molecule has 0 aliphatic rings. The van der Waals surface area contributed by atoms with Gasteiger partial charge in [-0.05, 0) is 71.3 Å². The van der Waals surface area contributed by atoms with E-state index >= 15 is 0 Å². The first-order valence-electron chi connectivity index (χ1n) is 16.9. The Kier molecular flexibility index (Phi) is 15.7. The van der Waals surface area contributed by atoms with Crippen LogP contribution in [0.1, 0.15) is 49.3 Å². The minimum Gasteiger partial charge on any atom is -0.488 e. The molecule has 272 valence electrons. The van der Waals surface area contributed by atoms with Crippen LogP contribution in [0.3, 0.4) is 0 Å². The fraction of sp³-hybridized carbons (Fsp3) is 0.156. The average Bonchev–Trinajstić information content (AvgIpc) is 3.21. The second-order valence-electron chi connectivity index (χ2n) is 11.3. The molecule has 0 bridgehead atoms. The van der Waals surface area contributed by atoms with E-state index < -0.39 is 23.9 Å². The molecule has 0 aliphatic carbocycles. The highest BCUT2D eigenvalue weighted by atomic mass is 16.6. The lowest BCUT2D eigenvalue weighted by Gasteiger charge is -2.12. The zero-order valence-electron chi connectivity index (χ0n) is 29.6. The number of carbonyl (C=O) groups excluding carboxylic acids is 4. The van der Waals surface area contributed by atoms with E-state index in [0.717, 1.165) is 51.6 Å². The normalized spacial score (nSPS) is 9.85. The third kappa shape index (κ3) is 13.6. The van der Waals surface area contributed by atoms with Crippen LogP contribution in [0.15, 0.2) is 129 Å². The van der Waals surface area contributed by atoms with Gasteiger partial charge in [-0.15, -0.1) is 0 Å². The van der Waals surface area contributed by atoms with Crippen LogP contribution >= 0.6 is 0 Å². The van der Waals surface area contributed by atoms with Crippen molar-refractivity contribution in [2.45, 2.75) is 19.4 Å². The van der Waals surface area contributed by atoms with Crippen molar-refractivity contribution in [3.05, 3.63) is 173 Å².